The molecule has 0 unspecified atom stereocenters. The van der Waals surface area contributed by atoms with Crippen LogP contribution in [0.2, 0.25) is 0 Å². The number of benzene rings is 2. The molecule has 6 N–H and O–H groups in total. The van der Waals surface area contributed by atoms with E-state index in [1.165, 1.54) is 6.07 Å². The predicted molar refractivity (Wildman–Crippen MR) is 113 cm³/mol. The summed E-state index contributed by atoms with van der Waals surface area (Å²) < 4.78 is 43.2. The lowest BCUT2D eigenvalue weighted by Crippen LogP contribution is -2.61. The van der Waals surface area contributed by atoms with E-state index in [0.717, 1.165) is 30.3 Å². The van der Waals surface area contributed by atoms with Crippen LogP contribution in [0.15, 0.2) is 45.6 Å². The number of carboxylic acid groups (broad SMARTS) is 1. The number of aromatic hydroxyl groups is 2. The molecule has 1 saturated heterocycles. The first-order chi connectivity index (χ1) is 17.2. The lowest BCUT2D eigenvalue weighted by Gasteiger charge is -2.38. The highest BCUT2D eigenvalue weighted by Gasteiger charge is 2.48. The highest BCUT2D eigenvalue weighted by molar-refractivity contribution is 5.86. The first kappa shape index (κ1) is 19.6. The molecule has 4 rings (SSSR count). The van der Waals surface area contributed by atoms with Crippen molar-refractivity contribution in [3.8, 4) is 34.3 Å². The van der Waals surface area contributed by atoms with Crippen LogP contribution < -0.4 is 14.9 Å². The molecule has 12 heteroatoms. The zero-order chi connectivity index (χ0) is 27.2. The summed E-state index contributed by atoms with van der Waals surface area (Å²) in [7, 11) is -2.96. The van der Waals surface area contributed by atoms with Crippen LogP contribution in [0.1, 0.15) is 4.11 Å². The molecular formula is C22H20O12. The smallest absolute Gasteiger partial charge is 0.335 e. The van der Waals surface area contributed by atoms with Gasteiger partial charge in [0.2, 0.25) is 6.29 Å². The third kappa shape index (κ3) is 4.10. The van der Waals surface area contributed by atoms with E-state index >= 15 is 0 Å². The molecule has 1 fully saturated rings. The molecule has 180 valence electrons. The van der Waals surface area contributed by atoms with Crippen molar-refractivity contribution in [2.45, 2.75) is 30.7 Å². The fourth-order valence-electron chi connectivity index (χ4n) is 3.51. The van der Waals surface area contributed by atoms with Crippen LogP contribution in [0.4, 0.5) is 0 Å². The lowest BCUT2D eigenvalue weighted by molar-refractivity contribution is -0.271. The first-order valence-corrected chi connectivity index (χ1v) is 9.67. The third-order valence-electron chi connectivity index (χ3n) is 5.19. The number of fused-ring (bicyclic) bond motifs is 1. The number of rotatable bonds is 5. The molecule has 0 spiro atoms. The van der Waals surface area contributed by atoms with E-state index in [9.17, 15) is 40.2 Å². The van der Waals surface area contributed by atoms with E-state index in [0.29, 0.717) is 0 Å². The second-order valence-corrected chi connectivity index (χ2v) is 7.43. The Morgan fingerprint density at radius 2 is 1.79 bits per heavy atom. The molecule has 0 bridgehead atoms. The molecule has 3 aromatic rings. The number of phenols is 2. The Kier molecular flexibility index (Phi) is 5.10. The summed E-state index contributed by atoms with van der Waals surface area (Å²) in [5.74, 6) is -3.51. The maximum atomic E-state index is 12.6. The van der Waals surface area contributed by atoms with Crippen LogP contribution in [0.25, 0.3) is 22.3 Å². The molecule has 2 heterocycles. The van der Waals surface area contributed by atoms with E-state index in [4.69, 9.17) is 22.7 Å². The fourth-order valence-corrected chi connectivity index (χ4v) is 3.51. The molecule has 0 aliphatic carbocycles. The predicted octanol–water partition coefficient (Wildman–Crippen LogP) is 0.151. The van der Waals surface area contributed by atoms with Crippen molar-refractivity contribution in [1.29, 1.82) is 0 Å². The second kappa shape index (κ2) is 8.83. The van der Waals surface area contributed by atoms with Gasteiger partial charge in [0, 0.05) is 23.8 Å². The highest BCUT2D eigenvalue weighted by atomic mass is 16.7. The minimum absolute atomic E-state index is 0.0930. The number of phenolic OH excluding ortho intramolecular Hbond substituents is 2. The summed E-state index contributed by atoms with van der Waals surface area (Å²) in [5.41, 5.74) is -0.750. The summed E-state index contributed by atoms with van der Waals surface area (Å²) in [4.78, 5) is 24.0. The molecule has 1 aliphatic rings. The van der Waals surface area contributed by atoms with Crippen LogP contribution in [-0.2, 0) is 9.53 Å². The summed E-state index contributed by atoms with van der Waals surface area (Å²) in [6, 6.07) is 6.59. The number of carbonyl (C=O) groups is 1. The maximum absolute atomic E-state index is 12.6. The monoisotopic (exact) mass is 479 g/mol. The largest absolute Gasteiger partial charge is 0.508 e. The topological polar surface area (TPSA) is 196 Å². The van der Waals surface area contributed by atoms with Crippen molar-refractivity contribution in [3.05, 3.63) is 46.6 Å². The van der Waals surface area contributed by atoms with Crippen molar-refractivity contribution < 1.29 is 58.2 Å². The van der Waals surface area contributed by atoms with Crippen LogP contribution in [0, 0.1) is 0 Å². The van der Waals surface area contributed by atoms with Crippen molar-refractivity contribution in [2.24, 2.45) is 0 Å². The lowest BCUT2D eigenvalue weighted by atomic mass is 9.99. The van der Waals surface area contributed by atoms with Gasteiger partial charge in [-0.1, -0.05) is 0 Å². The van der Waals surface area contributed by atoms with E-state index in [2.05, 4.69) is 0 Å². The minimum Gasteiger partial charge on any atom is -0.508 e. The van der Waals surface area contributed by atoms with Crippen molar-refractivity contribution >= 4 is 16.9 Å². The van der Waals surface area contributed by atoms with Crippen LogP contribution in [-0.4, -0.2) is 74.4 Å². The molecule has 0 saturated carbocycles. The zero-order valence-corrected chi connectivity index (χ0v) is 17.0. The quantitative estimate of drug-likeness (QED) is 0.290. The highest BCUT2D eigenvalue weighted by Crippen LogP contribution is 2.36. The molecule has 0 amide bonds. The van der Waals surface area contributed by atoms with E-state index in [1.54, 1.807) is 0 Å². The van der Waals surface area contributed by atoms with Crippen LogP contribution in [0.5, 0.6) is 23.0 Å². The number of aliphatic hydroxyl groups is 3. The Labute approximate surface area is 194 Å². The summed E-state index contributed by atoms with van der Waals surface area (Å²) in [6.45, 7) is 0. The first-order valence-electron chi connectivity index (χ1n) is 11.2. The molecule has 12 nitrogen and oxygen atoms in total. The van der Waals surface area contributed by atoms with E-state index in [-0.39, 0.29) is 28.0 Å². The molecule has 1 aliphatic heterocycles. The van der Waals surface area contributed by atoms with Gasteiger partial charge in [-0.25, -0.2) is 4.79 Å². The van der Waals surface area contributed by atoms with Gasteiger partial charge in [0.15, 0.2) is 23.0 Å². The van der Waals surface area contributed by atoms with Crippen molar-refractivity contribution in [3.63, 3.8) is 0 Å². The fraction of sp³-hybridized carbons (Fsp3) is 0.273. The maximum Gasteiger partial charge on any atom is 0.335 e. The summed E-state index contributed by atoms with van der Waals surface area (Å²) in [6.07, 6.45) is -9.83. The van der Waals surface area contributed by atoms with Crippen LogP contribution in [0.3, 0.4) is 0 Å². The van der Waals surface area contributed by atoms with Gasteiger partial charge < -0.3 is 49.3 Å². The standard InChI is InChI=1S/C22H20O12/c1-31-12-3-2-8(13-7-11(25)16-10(24)5-9(23)6-15(16)32-13)4-14(12)33-22-19(28)17(26)18(27)20(34-22)21(29)30/h2-7,17-20,22-24,26-28H,1H3,(H,29,30)/t17-,18-,19+,20-,22+/m0/s1/i1D3. The Morgan fingerprint density at radius 1 is 1.03 bits per heavy atom. The number of ether oxygens (including phenoxy) is 3. The van der Waals surface area contributed by atoms with Gasteiger partial charge in [-0.15, -0.1) is 0 Å². The Bertz CT molecular complexity index is 1400. The normalized spacial score (nSPS) is 26.3. The average Bonchev–Trinajstić information content (AvgIpc) is 2.78. The molecule has 1 aromatic heterocycles. The van der Waals surface area contributed by atoms with Gasteiger partial charge in [0.25, 0.3) is 0 Å². The molecule has 0 radical (unpaired) electrons. The van der Waals surface area contributed by atoms with E-state index < -0.39 is 66.4 Å². The number of methoxy groups -OCH3 is 1. The molecular weight excluding hydrogens is 456 g/mol. The van der Waals surface area contributed by atoms with Gasteiger partial charge in [0.1, 0.15) is 46.5 Å². The van der Waals surface area contributed by atoms with Gasteiger partial charge in [-0.3, -0.25) is 4.79 Å². The zero-order valence-electron chi connectivity index (χ0n) is 20.0. The number of hydrogen-bond donors (Lipinski definition) is 6. The number of aliphatic carboxylic acids is 1. The summed E-state index contributed by atoms with van der Waals surface area (Å²) in [5, 5.41) is 58.9. The Balaban J connectivity index is 1.78. The summed E-state index contributed by atoms with van der Waals surface area (Å²) >= 11 is 0. The van der Waals surface area contributed by atoms with Crippen molar-refractivity contribution in [2.75, 3.05) is 7.04 Å². The van der Waals surface area contributed by atoms with Gasteiger partial charge in [-0.05, 0) is 18.2 Å². The molecule has 2 aromatic carbocycles. The molecule has 5 atom stereocenters. The van der Waals surface area contributed by atoms with E-state index in [1.807, 2.05) is 0 Å². The molecule has 34 heavy (non-hydrogen) atoms. The minimum atomic E-state index is -2.96. The number of aliphatic hydroxyl groups excluding tert-OH is 3. The second-order valence-electron chi connectivity index (χ2n) is 7.43. The van der Waals surface area contributed by atoms with Gasteiger partial charge in [-0.2, -0.15) is 0 Å². The Morgan fingerprint density at radius 3 is 2.50 bits per heavy atom. The number of hydrogen-bond acceptors (Lipinski definition) is 11. The van der Waals surface area contributed by atoms with Crippen molar-refractivity contribution in [1.82, 2.24) is 0 Å². The van der Waals surface area contributed by atoms with Crippen LogP contribution >= 0.6 is 0 Å². The SMILES string of the molecule is [2H]C([2H])([2H])Oc1ccc(-c2cc(=O)c3c(O)cc(O)cc3o2)cc1O[C@@H]1O[C@H](C(=O)O)[C@@H](O)[C@H](O)[C@H]1O. The third-order valence-corrected chi connectivity index (χ3v) is 5.19. The Hall–Kier alpha value is -3.84. The average molecular weight is 479 g/mol. The van der Waals surface area contributed by atoms with Gasteiger partial charge >= 0.3 is 5.97 Å². The van der Waals surface area contributed by atoms with Gasteiger partial charge in [0.05, 0.1) is 11.2 Å². The number of carboxylic acids is 1.